The van der Waals surface area contributed by atoms with Crippen LogP contribution in [-0.4, -0.2) is 29.8 Å². The van der Waals surface area contributed by atoms with E-state index in [0.717, 1.165) is 0 Å². The van der Waals surface area contributed by atoms with Crippen molar-refractivity contribution in [2.24, 2.45) is 0 Å². The summed E-state index contributed by atoms with van der Waals surface area (Å²) in [5, 5.41) is 10.8. The fourth-order valence-corrected chi connectivity index (χ4v) is 0.913. The minimum atomic E-state index is -1.21. The van der Waals surface area contributed by atoms with E-state index in [1.54, 1.807) is 0 Å². The zero-order chi connectivity index (χ0) is 6.85. The number of carbonyl (C=O) groups is 1. The van der Waals surface area contributed by atoms with Gasteiger partial charge in [0.15, 0.2) is 0 Å². The number of hydrogen-bond acceptors (Lipinski definition) is 2. The lowest BCUT2D eigenvalue weighted by atomic mass is 10.2. The van der Waals surface area contributed by atoms with Crippen LogP contribution >= 0.6 is 0 Å². The molecule has 4 heteroatoms. The molecule has 1 aliphatic rings. The molecule has 0 saturated carbocycles. The molecule has 0 aromatic carbocycles. The Morgan fingerprint density at radius 3 is 2.67 bits per heavy atom. The van der Waals surface area contributed by atoms with Gasteiger partial charge in [0, 0.05) is 0 Å². The van der Waals surface area contributed by atoms with E-state index in [-0.39, 0.29) is 0 Å². The summed E-state index contributed by atoms with van der Waals surface area (Å²) in [7, 11) is 0. The van der Waals surface area contributed by atoms with Crippen molar-refractivity contribution in [1.82, 2.24) is 5.32 Å². The van der Waals surface area contributed by atoms with Gasteiger partial charge in [-0.25, -0.2) is 4.39 Å². The van der Waals surface area contributed by atoms with Crippen molar-refractivity contribution < 1.29 is 14.3 Å². The molecule has 0 spiro atoms. The average molecular weight is 133 g/mol. The maximum Gasteiger partial charge on any atom is 0.323 e. The third-order valence-corrected chi connectivity index (χ3v) is 1.41. The van der Waals surface area contributed by atoms with Gasteiger partial charge in [-0.3, -0.25) is 4.79 Å². The van der Waals surface area contributed by atoms with Gasteiger partial charge in [-0.15, -0.1) is 0 Å². The van der Waals surface area contributed by atoms with Crippen molar-refractivity contribution in [3.63, 3.8) is 0 Å². The Bertz CT molecular complexity index is 128. The second kappa shape index (κ2) is 2.31. The molecule has 1 aliphatic heterocycles. The minimum Gasteiger partial charge on any atom is -0.480 e. The van der Waals surface area contributed by atoms with Crippen LogP contribution < -0.4 is 5.32 Å². The number of aliphatic carboxylic acids is 1. The summed E-state index contributed by atoms with van der Waals surface area (Å²) in [6.07, 6.45) is -0.890. The highest BCUT2D eigenvalue weighted by Crippen LogP contribution is 2.10. The van der Waals surface area contributed by atoms with Crippen molar-refractivity contribution in [3.8, 4) is 0 Å². The Morgan fingerprint density at radius 2 is 2.44 bits per heavy atom. The van der Waals surface area contributed by atoms with E-state index in [4.69, 9.17) is 5.11 Å². The van der Waals surface area contributed by atoms with Crippen molar-refractivity contribution in [3.05, 3.63) is 0 Å². The molecule has 3 nitrogen and oxygen atoms in total. The Hall–Kier alpha value is -0.640. The van der Waals surface area contributed by atoms with E-state index in [9.17, 15) is 9.18 Å². The summed E-state index contributed by atoms with van der Waals surface area (Å²) in [5.74, 6) is -1.10. The highest BCUT2D eigenvalue weighted by molar-refractivity contribution is 5.74. The molecule has 0 aliphatic carbocycles. The van der Waals surface area contributed by atoms with Crippen LogP contribution in [0.3, 0.4) is 0 Å². The first kappa shape index (κ1) is 6.48. The van der Waals surface area contributed by atoms with Crippen LogP contribution in [0.2, 0.25) is 0 Å². The second-order valence-corrected chi connectivity index (χ2v) is 2.07. The van der Waals surface area contributed by atoms with Gasteiger partial charge in [-0.1, -0.05) is 0 Å². The zero-order valence-corrected chi connectivity index (χ0v) is 4.80. The van der Waals surface area contributed by atoms with Gasteiger partial charge in [0.25, 0.3) is 0 Å². The molecule has 1 heterocycles. The lowest BCUT2D eigenvalue weighted by Crippen LogP contribution is -2.36. The van der Waals surface area contributed by atoms with Crippen LogP contribution in [0.15, 0.2) is 0 Å². The van der Waals surface area contributed by atoms with Gasteiger partial charge in [0.2, 0.25) is 0 Å². The molecule has 0 radical (unpaired) electrons. The van der Waals surface area contributed by atoms with E-state index in [1.807, 2.05) is 0 Å². The molecule has 0 aromatic heterocycles. The molecule has 2 N–H and O–H groups in total. The Balaban J connectivity index is 2.49. The maximum absolute atomic E-state index is 12.4. The first-order valence-electron chi connectivity index (χ1n) is 2.82. The number of hydrogen-bond donors (Lipinski definition) is 2. The lowest BCUT2D eigenvalue weighted by molar-refractivity contribution is -0.140. The van der Waals surface area contributed by atoms with Crippen molar-refractivity contribution in [2.75, 3.05) is 6.54 Å². The highest BCUT2D eigenvalue weighted by atomic mass is 19.1. The first-order valence-corrected chi connectivity index (χ1v) is 2.82. The largest absolute Gasteiger partial charge is 0.480 e. The Morgan fingerprint density at radius 1 is 1.78 bits per heavy atom. The molecule has 1 rings (SSSR count). The second-order valence-electron chi connectivity index (χ2n) is 2.07. The van der Waals surface area contributed by atoms with Crippen molar-refractivity contribution in [2.45, 2.75) is 18.6 Å². The van der Waals surface area contributed by atoms with Crippen LogP contribution in [-0.2, 0) is 4.79 Å². The smallest absolute Gasteiger partial charge is 0.323 e. The normalized spacial score (nSPS) is 34.8. The maximum atomic E-state index is 12.4. The summed E-state index contributed by atoms with van der Waals surface area (Å²) in [5.41, 5.74) is 0. The predicted octanol–water partition coefficient (Wildman–Crippen LogP) is -0.229. The Kier molecular flexibility index (Phi) is 1.66. The highest BCUT2D eigenvalue weighted by Gasteiger charge is 2.32. The van der Waals surface area contributed by atoms with E-state index in [0.29, 0.717) is 13.0 Å². The number of nitrogens with one attached hydrogen (secondary N) is 1. The summed E-state index contributed by atoms with van der Waals surface area (Å²) in [4.78, 5) is 10.1. The van der Waals surface area contributed by atoms with Crippen LogP contribution in [0.25, 0.3) is 0 Å². The van der Waals surface area contributed by atoms with Crippen LogP contribution in [0.4, 0.5) is 4.39 Å². The molecular formula is C5H8FNO2. The SMILES string of the molecule is O=C(O)[C@H]1NCCC1F. The van der Waals surface area contributed by atoms with Crippen LogP contribution in [0, 0.1) is 0 Å². The average Bonchev–Trinajstić information content (AvgIpc) is 2.13. The van der Waals surface area contributed by atoms with E-state index >= 15 is 0 Å². The fraction of sp³-hybridized carbons (Fsp3) is 0.800. The van der Waals surface area contributed by atoms with Gasteiger partial charge in [-0.2, -0.15) is 0 Å². The van der Waals surface area contributed by atoms with Crippen molar-refractivity contribution in [1.29, 1.82) is 0 Å². The molecule has 9 heavy (non-hydrogen) atoms. The lowest BCUT2D eigenvalue weighted by Gasteiger charge is -2.04. The van der Waals surface area contributed by atoms with Crippen molar-refractivity contribution >= 4 is 5.97 Å². The topological polar surface area (TPSA) is 49.3 Å². The molecule has 52 valence electrons. The fourth-order valence-electron chi connectivity index (χ4n) is 0.913. The summed E-state index contributed by atoms with van der Waals surface area (Å²) >= 11 is 0. The number of halogens is 1. The van der Waals surface area contributed by atoms with Gasteiger partial charge in [0.1, 0.15) is 12.2 Å². The number of carboxylic acids is 1. The molecule has 0 amide bonds. The minimum absolute atomic E-state index is 0.316. The Labute approximate surface area is 51.9 Å². The first-order chi connectivity index (χ1) is 4.22. The van der Waals surface area contributed by atoms with E-state index in [1.165, 1.54) is 0 Å². The summed E-state index contributed by atoms with van der Waals surface area (Å²) in [6.45, 7) is 0.470. The summed E-state index contributed by atoms with van der Waals surface area (Å²) < 4.78 is 12.4. The molecule has 1 saturated heterocycles. The van der Waals surface area contributed by atoms with Crippen LogP contribution in [0.5, 0.6) is 0 Å². The monoisotopic (exact) mass is 133 g/mol. The number of alkyl halides is 1. The van der Waals surface area contributed by atoms with Gasteiger partial charge in [-0.05, 0) is 13.0 Å². The van der Waals surface area contributed by atoms with Gasteiger partial charge < -0.3 is 10.4 Å². The third-order valence-electron chi connectivity index (χ3n) is 1.41. The zero-order valence-electron chi connectivity index (χ0n) is 4.80. The molecule has 0 aromatic rings. The number of rotatable bonds is 1. The van der Waals surface area contributed by atoms with E-state index in [2.05, 4.69) is 5.32 Å². The van der Waals surface area contributed by atoms with Gasteiger partial charge in [0.05, 0.1) is 0 Å². The quantitative estimate of drug-likeness (QED) is 0.519. The van der Waals surface area contributed by atoms with Gasteiger partial charge >= 0.3 is 5.97 Å². The predicted molar refractivity (Wildman–Crippen MR) is 28.9 cm³/mol. The summed E-state index contributed by atoms with van der Waals surface area (Å²) in [6, 6.07) is -0.968. The third kappa shape index (κ3) is 1.18. The molecule has 2 atom stereocenters. The molecule has 1 unspecified atom stereocenters. The molecule has 0 bridgehead atoms. The molecular weight excluding hydrogens is 125 g/mol. The standard InChI is InChI=1S/C5H8FNO2/c6-3-1-2-7-4(3)5(8)9/h3-4,7H,1-2H2,(H,8,9)/t3?,4-/m0/s1. The number of carboxylic acid groups (broad SMARTS) is 1. The van der Waals surface area contributed by atoms with Crippen LogP contribution in [0.1, 0.15) is 6.42 Å². The molecule has 1 fully saturated rings. The van der Waals surface area contributed by atoms with E-state index < -0.39 is 18.2 Å².